The summed E-state index contributed by atoms with van der Waals surface area (Å²) in [5, 5.41) is 0. The summed E-state index contributed by atoms with van der Waals surface area (Å²) in [6.07, 6.45) is 0. The van der Waals surface area contributed by atoms with Crippen molar-refractivity contribution in [2.75, 3.05) is 14.2 Å². The van der Waals surface area contributed by atoms with Crippen molar-refractivity contribution in [2.45, 2.75) is 0 Å². The molecule has 0 saturated heterocycles. The van der Waals surface area contributed by atoms with Crippen molar-refractivity contribution in [3.8, 4) is 11.5 Å². The zero-order valence-corrected chi connectivity index (χ0v) is 10.4. The summed E-state index contributed by atoms with van der Waals surface area (Å²) < 4.78 is 10.0. The molecule has 0 unspecified atom stereocenters. The van der Waals surface area contributed by atoms with E-state index in [1.165, 1.54) is 0 Å². The van der Waals surface area contributed by atoms with Gasteiger partial charge < -0.3 is 9.47 Å². The largest absolute Gasteiger partial charge is 2.00 e. The third-order valence-electron chi connectivity index (χ3n) is 1.41. The smallest absolute Gasteiger partial charge is 0.509 e. The Morgan fingerprint density at radius 3 is 1.75 bits per heavy atom. The first-order valence-electron chi connectivity index (χ1n) is 3.31. The van der Waals surface area contributed by atoms with Crippen LogP contribution in [0.25, 0.3) is 0 Å². The fraction of sp³-hybridized carbons (Fsp3) is 0.222. The van der Waals surface area contributed by atoms with Crippen molar-refractivity contribution in [3.63, 3.8) is 0 Å². The molecule has 0 radical (unpaired) electrons. The Morgan fingerprint density at radius 2 is 1.42 bits per heavy atom. The van der Waals surface area contributed by atoms with E-state index >= 15 is 0 Å². The van der Waals surface area contributed by atoms with Gasteiger partial charge in [0.15, 0.2) is 0 Å². The zero-order chi connectivity index (χ0) is 8.27. The Labute approximate surface area is 85.6 Å². The van der Waals surface area contributed by atoms with Gasteiger partial charge in [-0.1, -0.05) is 0 Å². The average Bonchev–Trinajstić information content (AvgIpc) is 2.03. The molecule has 0 N–H and O–H groups in total. The van der Waals surface area contributed by atoms with Gasteiger partial charge in [0.25, 0.3) is 0 Å². The van der Waals surface area contributed by atoms with Crippen molar-refractivity contribution < 1.29 is 29.0 Å². The van der Waals surface area contributed by atoms with Gasteiger partial charge in [-0.15, -0.1) is 12.1 Å². The van der Waals surface area contributed by atoms with Gasteiger partial charge in [-0.2, -0.15) is 12.5 Å². The van der Waals surface area contributed by atoms with Crippen LogP contribution in [0, 0.1) is 6.92 Å². The van der Waals surface area contributed by atoms with Crippen LogP contribution < -0.4 is 9.47 Å². The van der Waals surface area contributed by atoms with Crippen molar-refractivity contribution >= 4 is 0 Å². The summed E-state index contributed by atoms with van der Waals surface area (Å²) in [6.45, 7) is 3.78. The third kappa shape index (κ3) is 2.74. The second-order valence-corrected chi connectivity index (χ2v) is 2.22. The van der Waals surface area contributed by atoms with Gasteiger partial charge in [-0.25, -0.2) is 0 Å². The Morgan fingerprint density at radius 1 is 1.00 bits per heavy atom. The van der Waals surface area contributed by atoms with Gasteiger partial charge in [0.2, 0.25) is 0 Å². The maximum Gasteiger partial charge on any atom is 2.00 e. The minimum absolute atomic E-state index is 0. The van der Waals surface area contributed by atoms with Crippen LogP contribution in [0.4, 0.5) is 0 Å². The maximum absolute atomic E-state index is 5.02. The Balaban J connectivity index is 0.00000121. The fourth-order valence-corrected chi connectivity index (χ4v) is 0.866. The van der Waals surface area contributed by atoms with E-state index in [0.29, 0.717) is 0 Å². The molecular formula is C9H11O2Zn+. The number of benzene rings is 1. The molecule has 0 saturated carbocycles. The van der Waals surface area contributed by atoms with Gasteiger partial charge in [-0.3, -0.25) is 0 Å². The Bertz CT molecular complexity index is 226. The molecule has 0 aromatic heterocycles. The third-order valence-corrected chi connectivity index (χ3v) is 1.41. The molecule has 1 rings (SSSR count). The van der Waals surface area contributed by atoms with Crippen molar-refractivity contribution in [3.05, 3.63) is 30.7 Å². The number of ether oxygens (including phenoxy) is 2. The second kappa shape index (κ2) is 5.05. The van der Waals surface area contributed by atoms with Crippen LogP contribution in [-0.4, -0.2) is 14.2 Å². The molecule has 0 fully saturated rings. The molecule has 0 aliphatic carbocycles. The molecule has 60 valence electrons. The van der Waals surface area contributed by atoms with E-state index in [2.05, 4.69) is 6.92 Å². The first-order valence-corrected chi connectivity index (χ1v) is 3.31. The van der Waals surface area contributed by atoms with E-state index in [1.807, 2.05) is 18.2 Å². The molecule has 0 spiro atoms. The quantitative estimate of drug-likeness (QED) is 0.555. The predicted molar refractivity (Wildman–Crippen MR) is 44.0 cm³/mol. The number of hydrogen-bond donors (Lipinski definition) is 0. The number of rotatable bonds is 2. The molecule has 0 atom stereocenters. The summed E-state index contributed by atoms with van der Waals surface area (Å²) in [7, 11) is 3.24. The molecule has 12 heavy (non-hydrogen) atoms. The molecule has 1 aromatic rings. The van der Waals surface area contributed by atoms with Crippen LogP contribution in [0.1, 0.15) is 5.56 Å². The molecule has 0 amide bonds. The topological polar surface area (TPSA) is 18.5 Å². The number of hydrogen-bond acceptors (Lipinski definition) is 2. The van der Waals surface area contributed by atoms with E-state index < -0.39 is 0 Å². The van der Waals surface area contributed by atoms with E-state index in [0.717, 1.165) is 17.1 Å². The Hall–Kier alpha value is -0.687. The second-order valence-electron chi connectivity index (χ2n) is 2.22. The summed E-state index contributed by atoms with van der Waals surface area (Å²) in [5.41, 5.74) is 0.890. The molecule has 1 aromatic carbocycles. The molecule has 0 bridgehead atoms. The molecule has 2 nitrogen and oxygen atoms in total. The standard InChI is InChI=1S/C9H11O2.Zn/c1-7-4-8(10-2)6-9(5-7)11-3;/h4-6H,1H2,2-3H3;/q-1;+2. The average molecular weight is 217 g/mol. The zero-order valence-electron chi connectivity index (χ0n) is 7.46. The summed E-state index contributed by atoms with van der Waals surface area (Å²) in [4.78, 5) is 0. The first kappa shape index (κ1) is 11.3. The predicted octanol–water partition coefficient (Wildman–Crippen LogP) is 1.88. The maximum atomic E-state index is 5.02. The number of methoxy groups -OCH3 is 2. The van der Waals surface area contributed by atoms with Crippen LogP contribution in [0.15, 0.2) is 18.2 Å². The van der Waals surface area contributed by atoms with Crippen molar-refractivity contribution in [1.82, 2.24) is 0 Å². The molecule has 0 aliphatic heterocycles. The van der Waals surface area contributed by atoms with Gasteiger partial charge in [0.1, 0.15) is 0 Å². The van der Waals surface area contributed by atoms with E-state index in [-0.39, 0.29) is 19.5 Å². The fourth-order valence-electron chi connectivity index (χ4n) is 0.866. The van der Waals surface area contributed by atoms with E-state index in [9.17, 15) is 0 Å². The van der Waals surface area contributed by atoms with Crippen LogP contribution in [-0.2, 0) is 19.5 Å². The molecular weight excluding hydrogens is 205 g/mol. The Kier molecular flexibility index (Phi) is 4.76. The van der Waals surface area contributed by atoms with E-state index in [1.54, 1.807) is 14.2 Å². The van der Waals surface area contributed by atoms with Crippen molar-refractivity contribution in [2.24, 2.45) is 0 Å². The van der Waals surface area contributed by atoms with Gasteiger partial charge in [-0.05, 0) is 6.07 Å². The van der Waals surface area contributed by atoms with E-state index in [4.69, 9.17) is 9.47 Å². The minimum atomic E-state index is 0. The molecule has 0 aliphatic rings. The van der Waals surface area contributed by atoms with Gasteiger partial charge >= 0.3 is 19.5 Å². The monoisotopic (exact) mass is 215 g/mol. The summed E-state index contributed by atoms with van der Waals surface area (Å²) in [5.74, 6) is 1.55. The van der Waals surface area contributed by atoms with Gasteiger partial charge in [0, 0.05) is 0 Å². The SMILES string of the molecule is [CH2-]c1cc(OC)cc(OC)c1.[Zn+2]. The normalized spacial score (nSPS) is 8.50. The minimum Gasteiger partial charge on any atom is -0.509 e. The summed E-state index contributed by atoms with van der Waals surface area (Å²) in [6, 6.07) is 5.51. The van der Waals surface area contributed by atoms with Gasteiger partial charge in [0.05, 0.1) is 25.7 Å². The summed E-state index contributed by atoms with van der Waals surface area (Å²) >= 11 is 0. The van der Waals surface area contributed by atoms with Crippen molar-refractivity contribution in [1.29, 1.82) is 0 Å². The van der Waals surface area contributed by atoms with Crippen LogP contribution in [0.3, 0.4) is 0 Å². The van der Waals surface area contributed by atoms with Crippen LogP contribution in [0.2, 0.25) is 0 Å². The first-order chi connectivity index (χ1) is 5.26. The van der Waals surface area contributed by atoms with Crippen LogP contribution in [0.5, 0.6) is 11.5 Å². The molecule has 0 heterocycles. The molecule has 3 heteroatoms. The van der Waals surface area contributed by atoms with Crippen LogP contribution >= 0.6 is 0 Å².